The summed E-state index contributed by atoms with van der Waals surface area (Å²) in [5, 5.41) is 10.8. The summed E-state index contributed by atoms with van der Waals surface area (Å²) < 4.78 is 10.9. The summed E-state index contributed by atoms with van der Waals surface area (Å²) in [7, 11) is 0. The summed E-state index contributed by atoms with van der Waals surface area (Å²) in [5.74, 6) is 1.28. The molecule has 1 atom stereocenters. The van der Waals surface area contributed by atoms with Crippen molar-refractivity contribution in [2.75, 3.05) is 6.79 Å². The van der Waals surface area contributed by atoms with Crippen LogP contribution >= 0.6 is 0 Å². The van der Waals surface area contributed by atoms with Crippen molar-refractivity contribution in [1.29, 1.82) is 0 Å². The van der Waals surface area contributed by atoms with Crippen molar-refractivity contribution in [3.63, 3.8) is 0 Å². The monoisotopic (exact) mass is 497 g/mol. The first-order valence-corrected chi connectivity index (χ1v) is 12.6. The van der Waals surface area contributed by atoms with Crippen molar-refractivity contribution in [3.05, 3.63) is 78.9 Å². The maximum atomic E-state index is 12.3. The van der Waals surface area contributed by atoms with Gasteiger partial charge in [-0.15, -0.1) is 0 Å². The van der Waals surface area contributed by atoms with Crippen LogP contribution in [0.1, 0.15) is 39.5 Å². The number of aromatic nitrogens is 3. The molecule has 0 saturated carbocycles. The second-order valence-corrected chi connectivity index (χ2v) is 8.69. The van der Waals surface area contributed by atoms with Crippen molar-refractivity contribution in [3.8, 4) is 45.7 Å². The number of phenols is 1. The average Bonchev–Trinajstić information content (AvgIpc) is 2.94. The quantitative estimate of drug-likeness (QED) is 0.183. The lowest BCUT2D eigenvalue weighted by molar-refractivity contribution is -0.155. The zero-order valence-electron chi connectivity index (χ0n) is 21.1. The number of benzene rings is 3. The Hall–Kier alpha value is -4.26. The fraction of sp³-hybridized carbons (Fsp3) is 0.267. The molecular formula is C30H31N3O4. The Kier molecular flexibility index (Phi) is 8.81. The van der Waals surface area contributed by atoms with Crippen LogP contribution < -0.4 is 4.74 Å². The predicted molar refractivity (Wildman–Crippen MR) is 143 cm³/mol. The van der Waals surface area contributed by atoms with E-state index in [4.69, 9.17) is 9.47 Å². The minimum Gasteiger partial charge on any atom is -0.507 e. The van der Waals surface area contributed by atoms with Crippen LogP contribution in [-0.4, -0.2) is 32.8 Å². The van der Waals surface area contributed by atoms with Crippen molar-refractivity contribution < 1.29 is 19.4 Å². The van der Waals surface area contributed by atoms with Crippen LogP contribution in [0, 0.1) is 5.92 Å². The molecule has 1 aromatic heterocycles. The maximum Gasteiger partial charge on any atom is 0.311 e. The Balaban J connectivity index is 1.55. The molecule has 3 aromatic carbocycles. The Morgan fingerprint density at radius 3 is 1.97 bits per heavy atom. The van der Waals surface area contributed by atoms with Crippen molar-refractivity contribution in [2.45, 2.75) is 39.5 Å². The van der Waals surface area contributed by atoms with Gasteiger partial charge in [-0.1, -0.05) is 87.4 Å². The fourth-order valence-corrected chi connectivity index (χ4v) is 3.93. The topological polar surface area (TPSA) is 94.4 Å². The van der Waals surface area contributed by atoms with Crippen molar-refractivity contribution in [2.24, 2.45) is 5.92 Å². The highest BCUT2D eigenvalue weighted by Crippen LogP contribution is 2.32. The number of ether oxygens (including phenoxy) is 2. The summed E-state index contributed by atoms with van der Waals surface area (Å²) >= 11 is 0. The van der Waals surface area contributed by atoms with Gasteiger partial charge < -0.3 is 14.6 Å². The summed E-state index contributed by atoms with van der Waals surface area (Å²) in [5.41, 5.74) is 2.12. The summed E-state index contributed by atoms with van der Waals surface area (Å²) in [6.07, 6.45) is 3.56. The Bertz CT molecular complexity index is 1260. The van der Waals surface area contributed by atoms with Gasteiger partial charge in [0.25, 0.3) is 0 Å². The van der Waals surface area contributed by atoms with Gasteiger partial charge in [0.2, 0.25) is 6.79 Å². The highest BCUT2D eigenvalue weighted by atomic mass is 16.7. The van der Waals surface area contributed by atoms with Gasteiger partial charge >= 0.3 is 5.97 Å². The number of hydrogen-bond acceptors (Lipinski definition) is 7. The molecule has 0 saturated heterocycles. The molecule has 0 amide bonds. The molecule has 190 valence electrons. The molecule has 4 rings (SSSR count). The lowest BCUT2D eigenvalue weighted by atomic mass is 10.00. The van der Waals surface area contributed by atoms with Crippen LogP contribution in [0.4, 0.5) is 0 Å². The number of carbonyl (C=O) groups is 1. The van der Waals surface area contributed by atoms with Crippen LogP contribution in [0.25, 0.3) is 34.2 Å². The first kappa shape index (κ1) is 25.8. The standard InChI is InChI=1S/C30H31N3O4/c1-3-5-12-21(4-2)30(35)37-20-36-24-17-18-25(26(34)19-24)29-32-27(22-13-8-6-9-14-22)31-28(33-29)23-15-10-7-11-16-23/h6-11,13-19,21,34H,3-5,12,20H2,1-2H3. The van der Waals surface area contributed by atoms with E-state index < -0.39 is 0 Å². The predicted octanol–water partition coefficient (Wildman–Crippen LogP) is 6.67. The van der Waals surface area contributed by atoms with Gasteiger partial charge in [-0.05, 0) is 25.0 Å². The molecule has 7 heteroatoms. The van der Waals surface area contributed by atoms with Gasteiger partial charge in [-0.25, -0.2) is 15.0 Å². The van der Waals surface area contributed by atoms with E-state index in [9.17, 15) is 9.90 Å². The second kappa shape index (κ2) is 12.6. The largest absolute Gasteiger partial charge is 0.507 e. The van der Waals surface area contributed by atoms with Crippen LogP contribution in [0.5, 0.6) is 11.5 Å². The normalized spacial score (nSPS) is 11.6. The number of nitrogens with zero attached hydrogens (tertiary/aromatic N) is 3. The molecule has 0 aliphatic rings. The third kappa shape index (κ3) is 6.70. The van der Waals surface area contributed by atoms with E-state index >= 15 is 0 Å². The molecule has 1 unspecified atom stereocenters. The lowest BCUT2D eigenvalue weighted by Crippen LogP contribution is -2.19. The SMILES string of the molecule is CCCCC(CC)C(=O)OCOc1ccc(-c2nc(-c3ccccc3)nc(-c3ccccc3)n2)c(O)c1. The van der Waals surface area contributed by atoms with Gasteiger partial charge in [0.1, 0.15) is 11.5 Å². The Labute approximate surface area is 217 Å². The molecule has 0 spiro atoms. The molecule has 37 heavy (non-hydrogen) atoms. The van der Waals surface area contributed by atoms with Gasteiger partial charge in [-0.2, -0.15) is 0 Å². The number of aromatic hydroxyl groups is 1. The van der Waals surface area contributed by atoms with Crippen molar-refractivity contribution >= 4 is 5.97 Å². The first-order valence-electron chi connectivity index (χ1n) is 12.6. The third-order valence-corrected chi connectivity index (χ3v) is 6.07. The van der Waals surface area contributed by atoms with E-state index in [1.807, 2.05) is 67.6 Å². The minimum atomic E-state index is -0.260. The van der Waals surface area contributed by atoms with E-state index in [-0.39, 0.29) is 24.4 Å². The van der Waals surface area contributed by atoms with Crippen LogP contribution in [0.3, 0.4) is 0 Å². The van der Waals surface area contributed by atoms with Gasteiger partial charge in [0.15, 0.2) is 17.5 Å². The third-order valence-electron chi connectivity index (χ3n) is 6.07. The Morgan fingerprint density at radius 1 is 0.838 bits per heavy atom. The average molecular weight is 498 g/mol. The van der Waals surface area contributed by atoms with E-state index in [2.05, 4.69) is 21.9 Å². The molecule has 0 fully saturated rings. The van der Waals surface area contributed by atoms with E-state index in [0.717, 1.165) is 36.8 Å². The maximum absolute atomic E-state index is 12.3. The van der Waals surface area contributed by atoms with Crippen LogP contribution in [-0.2, 0) is 9.53 Å². The van der Waals surface area contributed by atoms with Crippen LogP contribution in [0.2, 0.25) is 0 Å². The number of rotatable bonds is 11. The van der Waals surface area contributed by atoms with Gasteiger partial charge in [0, 0.05) is 17.2 Å². The smallest absolute Gasteiger partial charge is 0.311 e. The summed E-state index contributed by atoms with van der Waals surface area (Å²) in [4.78, 5) is 26.2. The summed E-state index contributed by atoms with van der Waals surface area (Å²) in [6.45, 7) is 3.86. The molecule has 0 bridgehead atoms. The molecule has 7 nitrogen and oxygen atoms in total. The molecule has 1 heterocycles. The highest BCUT2D eigenvalue weighted by Gasteiger charge is 2.18. The fourth-order valence-electron chi connectivity index (χ4n) is 3.93. The Morgan fingerprint density at radius 2 is 1.43 bits per heavy atom. The summed E-state index contributed by atoms with van der Waals surface area (Å²) in [6, 6.07) is 24.1. The number of carbonyl (C=O) groups excluding carboxylic acids is 1. The second-order valence-electron chi connectivity index (χ2n) is 8.69. The molecule has 1 N–H and O–H groups in total. The molecule has 0 radical (unpaired) electrons. The van der Waals surface area contributed by atoms with E-state index in [0.29, 0.717) is 28.8 Å². The van der Waals surface area contributed by atoms with Crippen molar-refractivity contribution in [1.82, 2.24) is 15.0 Å². The molecule has 4 aromatic rings. The van der Waals surface area contributed by atoms with E-state index in [1.54, 1.807) is 12.1 Å². The zero-order valence-corrected chi connectivity index (χ0v) is 21.1. The van der Waals surface area contributed by atoms with Gasteiger partial charge in [-0.3, -0.25) is 4.79 Å². The molecular weight excluding hydrogens is 466 g/mol. The molecule has 0 aliphatic carbocycles. The number of phenolic OH excluding ortho intramolecular Hbond substituents is 1. The van der Waals surface area contributed by atoms with Gasteiger partial charge in [0.05, 0.1) is 11.5 Å². The van der Waals surface area contributed by atoms with E-state index in [1.165, 1.54) is 6.07 Å². The molecule has 0 aliphatic heterocycles. The zero-order chi connectivity index (χ0) is 26.0. The minimum absolute atomic E-state index is 0.0533. The number of hydrogen-bond donors (Lipinski definition) is 1. The first-order chi connectivity index (χ1) is 18.1. The van der Waals surface area contributed by atoms with Crippen LogP contribution in [0.15, 0.2) is 78.9 Å². The highest BCUT2D eigenvalue weighted by molar-refractivity contribution is 5.72. The number of esters is 1. The number of unbranched alkanes of at least 4 members (excludes halogenated alkanes) is 1. The lowest BCUT2D eigenvalue weighted by Gasteiger charge is -2.14.